The molecule has 3 N–H and O–H groups in total. The quantitative estimate of drug-likeness (QED) is 0.855. The van der Waals surface area contributed by atoms with Crippen molar-refractivity contribution in [2.75, 3.05) is 19.7 Å². The maximum absolute atomic E-state index is 5.77. The fourth-order valence-electron chi connectivity index (χ4n) is 2.50. The smallest absolute Gasteiger partial charge is 0.122 e. The number of nitrogens with two attached hydrogens (primary N) is 1. The Bertz CT molecular complexity index is 427. The van der Waals surface area contributed by atoms with Gasteiger partial charge < -0.3 is 15.8 Å². The summed E-state index contributed by atoms with van der Waals surface area (Å²) in [5, 5.41) is 3.45. The molecule has 1 unspecified atom stereocenters. The zero-order chi connectivity index (χ0) is 13.9. The number of nitrogens with one attached hydrogen (secondary N) is 1. The first-order chi connectivity index (χ1) is 8.99. The van der Waals surface area contributed by atoms with Crippen molar-refractivity contribution in [1.29, 1.82) is 0 Å². The molecule has 1 heterocycles. The molecule has 1 aromatic carbocycles. The Balaban J connectivity index is 2.07. The second-order valence-electron chi connectivity index (χ2n) is 6.27. The van der Waals surface area contributed by atoms with Gasteiger partial charge in [-0.3, -0.25) is 0 Å². The summed E-state index contributed by atoms with van der Waals surface area (Å²) in [6.07, 6.45) is 2.26. The van der Waals surface area contributed by atoms with Crippen LogP contribution in [0.5, 0.6) is 5.75 Å². The van der Waals surface area contributed by atoms with Crippen molar-refractivity contribution in [1.82, 2.24) is 5.32 Å². The second-order valence-corrected chi connectivity index (χ2v) is 6.27. The van der Waals surface area contributed by atoms with E-state index in [-0.39, 0.29) is 11.5 Å². The van der Waals surface area contributed by atoms with Crippen LogP contribution in [-0.2, 0) is 11.8 Å². The molecule has 1 aromatic rings. The Morgan fingerprint density at radius 1 is 1.42 bits per heavy atom. The second kappa shape index (κ2) is 5.93. The number of rotatable bonds is 5. The van der Waals surface area contributed by atoms with Crippen LogP contribution in [0.15, 0.2) is 18.2 Å². The van der Waals surface area contributed by atoms with Crippen LogP contribution in [-0.4, -0.2) is 25.7 Å². The van der Waals surface area contributed by atoms with Gasteiger partial charge in [-0.2, -0.15) is 0 Å². The minimum atomic E-state index is 0.112. The number of fused-ring (bicyclic) bond motifs is 1. The molecule has 106 valence electrons. The minimum Gasteiger partial charge on any atom is -0.493 e. The largest absolute Gasteiger partial charge is 0.493 e. The van der Waals surface area contributed by atoms with E-state index >= 15 is 0 Å². The molecule has 0 aromatic heterocycles. The van der Waals surface area contributed by atoms with E-state index in [0.717, 1.165) is 38.3 Å². The van der Waals surface area contributed by atoms with Crippen LogP contribution in [0.2, 0.25) is 0 Å². The van der Waals surface area contributed by atoms with Crippen LogP contribution in [0.25, 0.3) is 0 Å². The molecule has 0 radical (unpaired) electrons. The van der Waals surface area contributed by atoms with E-state index in [1.165, 1.54) is 11.1 Å². The number of hydrogen-bond donors (Lipinski definition) is 2. The van der Waals surface area contributed by atoms with Crippen LogP contribution >= 0.6 is 0 Å². The van der Waals surface area contributed by atoms with Crippen molar-refractivity contribution < 1.29 is 4.74 Å². The molecule has 2 rings (SSSR count). The maximum Gasteiger partial charge on any atom is 0.122 e. The molecule has 1 atom stereocenters. The third kappa shape index (κ3) is 3.71. The highest BCUT2D eigenvalue weighted by Gasteiger charge is 2.22. The number of benzene rings is 1. The van der Waals surface area contributed by atoms with Crippen molar-refractivity contribution in [2.45, 2.75) is 45.1 Å². The first-order valence-corrected chi connectivity index (χ1v) is 7.21. The summed E-state index contributed by atoms with van der Waals surface area (Å²) < 4.78 is 5.67. The molecule has 1 aliphatic heterocycles. The van der Waals surface area contributed by atoms with Crippen molar-refractivity contribution in [3.63, 3.8) is 0 Å². The molecular formula is C16H26N2O. The standard InChI is InChI=1S/C16H26N2O/c1-12(17)10-18-11-16(2,3)14-6-7-15-13(9-14)5-4-8-19-15/h6-7,9,12,18H,4-5,8,10-11,17H2,1-3H3. The summed E-state index contributed by atoms with van der Waals surface area (Å²) in [5.41, 5.74) is 8.61. The molecule has 0 bridgehead atoms. The highest BCUT2D eigenvalue weighted by atomic mass is 16.5. The molecule has 0 amide bonds. The van der Waals surface area contributed by atoms with Gasteiger partial charge in [0.05, 0.1) is 6.61 Å². The molecule has 0 spiro atoms. The topological polar surface area (TPSA) is 47.3 Å². The van der Waals surface area contributed by atoms with Gasteiger partial charge in [0.1, 0.15) is 5.75 Å². The number of aryl methyl sites for hydroxylation is 1. The molecule has 0 saturated carbocycles. The predicted molar refractivity (Wildman–Crippen MR) is 79.8 cm³/mol. The number of hydrogen-bond acceptors (Lipinski definition) is 3. The molecule has 0 fully saturated rings. The lowest BCUT2D eigenvalue weighted by molar-refractivity contribution is 0.288. The SMILES string of the molecule is CC(N)CNCC(C)(C)c1ccc2c(c1)CCCO2. The summed E-state index contributed by atoms with van der Waals surface area (Å²) in [4.78, 5) is 0. The van der Waals surface area contributed by atoms with E-state index in [2.05, 4.69) is 37.4 Å². The Hall–Kier alpha value is -1.06. The summed E-state index contributed by atoms with van der Waals surface area (Å²) in [5.74, 6) is 1.06. The minimum absolute atomic E-state index is 0.112. The van der Waals surface area contributed by atoms with E-state index in [1.807, 2.05) is 6.92 Å². The van der Waals surface area contributed by atoms with Crippen LogP contribution in [0, 0.1) is 0 Å². The molecule has 3 nitrogen and oxygen atoms in total. The van der Waals surface area contributed by atoms with Crippen molar-refractivity contribution in [3.8, 4) is 5.75 Å². The van der Waals surface area contributed by atoms with Crippen molar-refractivity contribution in [2.24, 2.45) is 5.73 Å². The Labute approximate surface area is 116 Å². The average molecular weight is 262 g/mol. The van der Waals surface area contributed by atoms with E-state index in [0.29, 0.717) is 0 Å². The molecular weight excluding hydrogens is 236 g/mol. The summed E-state index contributed by atoms with van der Waals surface area (Å²) >= 11 is 0. The fourth-order valence-corrected chi connectivity index (χ4v) is 2.50. The Morgan fingerprint density at radius 3 is 2.95 bits per heavy atom. The van der Waals surface area contributed by atoms with Gasteiger partial charge >= 0.3 is 0 Å². The van der Waals surface area contributed by atoms with E-state index in [4.69, 9.17) is 10.5 Å². The summed E-state index contributed by atoms with van der Waals surface area (Å²) in [6.45, 7) is 9.22. The van der Waals surface area contributed by atoms with Gasteiger partial charge in [0.25, 0.3) is 0 Å². The zero-order valence-corrected chi connectivity index (χ0v) is 12.3. The van der Waals surface area contributed by atoms with Gasteiger partial charge in [0, 0.05) is 24.5 Å². The van der Waals surface area contributed by atoms with Gasteiger partial charge in [0.2, 0.25) is 0 Å². The van der Waals surface area contributed by atoms with Gasteiger partial charge in [-0.25, -0.2) is 0 Å². The lowest BCUT2D eigenvalue weighted by Crippen LogP contribution is -2.39. The van der Waals surface area contributed by atoms with Crippen LogP contribution < -0.4 is 15.8 Å². The Kier molecular flexibility index (Phi) is 4.48. The molecule has 0 saturated heterocycles. The molecule has 1 aliphatic rings. The highest BCUT2D eigenvalue weighted by molar-refractivity contribution is 5.41. The molecule has 19 heavy (non-hydrogen) atoms. The van der Waals surface area contributed by atoms with Crippen LogP contribution in [0.1, 0.15) is 38.3 Å². The van der Waals surface area contributed by atoms with Gasteiger partial charge in [-0.15, -0.1) is 0 Å². The normalized spacial score (nSPS) is 16.6. The first kappa shape index (κ1) is 14.4. The average Bonchev–Trinajstić information content (AvgIpc) is 2.37. The lowest BCUT2D eigenvalue weighted by Gasteiger charge is -2.28. The summed E-state index contributed by atoms with van der Waals surface area (Å²) in [6, 6.07) is 6.82. The third-order valence-electron chi connectivity index (χ3n) is 3.72. The third-order valence-corrected chi connectivity index (χ3v) is 3.72. The van der Waals surface area contributed by atoms with E-state index in [1.54, 1.807) is 0 Å². The van der Waals surface area contributed by atoms with Crippen molar-refractivity contribution in [3.05, 3.63) is 29.3 Å². The van der Waals surface area contributed by atoms with Crippen molar-refractivity contribution >= 4 is 0 Å². The summed E-state index contributed by atoms with van der Waals surface area (Å²) in [7, 11) is 0. The monoisotopic (exact) mass is 262 g/mol. The van der Waals surface area contributed by atoms with Crippen LogP contribution in [0.4, 0.5) is 0 Å². The first-order valence-electron chi connectivity index (χ1n) is 7.21. The van der Waals surface area contributed by atoms with E-state index < -0.39 is 0 Å². The van der Waals surface area contributed by atoms with Crippen LogP contribution in [0.3, 0.4) is 0 Å². The van der Waals surface area contributed by atoms with Gasteiger partial charge in [0.15, 0.2) is 0 Å². The maximum atomic E-state index is 5.77. The fraction of sp³-hybridized carbons (Fsp3) is 0.625. The predicted octanol–water partition coefficient (Wildman–Crippen LogP) is 2.23. The van der Waals surface area contributed by atoms with Gasteiger partial charge in [-0.1, -0.05) is 26.0 Å². The number of ether oxygens (including phenoxy) is 1. The highest BCUT2D eigenvalue weighted by Crippen LogP contribution is 2.30. The lowest BCUT2D eigenvalue weighted by atomic mass is 9.83. The van der Waals surface area contributed by atoms with Gasteiger partial charge in [-0.05, 0) is 37.0 Å². The molecule has 3 heteroatoms. The Morgan fingerprint density at radius 2 is 2.21 bits per heavy atom. The molecule has 0 aliphatic carbocycles. The zero-order valence-electron chi connectivity index (χ0n) is 12.3. The van der Waals surface area contributed by atoms with E-state index in [9.17, 15) is 0 Å².